The fraction of sp³-hybridized carbons (Fsp3) is 0.261. The Balaban J connectivity index is 1.41. The molecule has 1 N–H and O–H groups in total. The molecule has 36 heavy (non-hydrogen) atoms. The van der Waals surface area contributed by atoms with E-state index in [1.54, 1.807) is 6.07 Å². The molecule has 1 saturated heterocycles. The third-order valence-corrected chi connectivity index (χ3v) is 5.33. The molecule has 4 rings (SSSR count). The molecule has 0 spiro atoms. The quantitative estimate of drug-likeness (QED) is 0.531. The molecule has 13 heteroatoms. The Morgan fingerprint density at radius 2 is 1.92 bits per heavy atom. The van der Waals surface area contributed by atoms with Crippen molar-refractivity contribution < 1.29 is 36.4 Å². The summed E-state index contributed by atoms with van der Waals surface area (Å²) in [6.45, 7) is 0.610. The number of carbonyl (C=O) groups is 2. The highest BCUT2D eigenvalue weighted by Gasteiger charge is 2.38. The first kappa shape index (κ1) is 24.8. The van der Waals surface area contributed by atoms with Gasteiger partial charge in [0, 0.05) is 29.8 Å². The van der Waals surface area contributed by atoms with Crippen molar-refractivity contribution in [1.82, 2.24) is 20.4 Å². The first-order valence-electron chi connectivity index (χ1n) is 10.5. The van der Waals surface area contributed by atoms with Crippen molar-refractivity contribution in [3.8, 4) is 17.5 Å². The molecule has 0 aliphatic carbocycles. The van der Waals surface area contributed by atoms with E-state index >= 15 is 0 Å². The minimum absolute atomic E-state index is 0.00959. The molecule has 1 atom stereocenters. The van der Waals surface area contributed by atoms with Gasteiger partial charge < -0.3 is 19.5 Å². The second kappa shape index (κ2) is 10.1. The number of nitriles is 1. The lowest BCUT2D eigenvalue weighted by Gasteiger charge is -2.35. The molecule has 3 aromatic rings. The molecule has 1 aliphatic rings. The molecule has 186 valence electrons. The van der Waals surface area contributed by atoms with E-state index in [9.17, 15) is 27.2 Å². The number of rotatable bonds is 5. The SMILES string of the molecule is N#Cc1cc(F)cc(C(=O)N2CCOC[C@@H]2CNC(=O)c2ccc(-c3noc(C(F)(F)F)n3)cc2)c1. The van der Waals surface area contributed by atoms with Crippen LogP contribution in [0.25, 0.3) is 11.4 Å². The molecular weight excluding hydrogens is 486 g/mol. The average Bonchev–Trinajstić information content (AvgIpc) is 3.38. The van der Waals surface area contributed by atoms with Crippen LogP contribution in [0, 0.1) is 17.1 Å². The van der Waals surface area contributed by atoms with E-state index in [2.05, 4.69) is 20.0 Å². The minimum atomic E-state index is -4.77. The van der Waals surface area contributed by atoms with Gasteiger partial charge in [0.05, 0.1) is 30.9 Å². The molecule has 2 aromatic carbocycles. The number of halogens is 4. The summed E-state index contributed by atoms with van der Waals surface area (Å²) in [5.74, 6) is -3.47. The number of aromatic nitrogens is 2. The summed E-state index contributed by atoms with van der Waals surface area (Å²) < 4.78 is 61.3. The topological polar surface area (TPSA) is 121 Å². The summed E-state index contributed by atoms with van der Waals surface area (Å²) >= 11 is 0. The summed E-state index contributed by atoms with van der Waals surface area (Å²) in [5.41, 5.74) is 0.442. The van der Waals surface area contributed by atoms with Crippen LogP contribution in [0.5, 0.6) is 0 Å². The highest BCUT2D eigenvalue weighted by atomic mass is 19.4. The maximum atomic E-state index is 13.8. The van der Waals surface area contributed by atoms with Crippen LogP contribution in [0.15, 0.2) is 47.0 Å². The molecule has 0 radical (unpaired) electrons. The van der Waals surface area contributed by atoms with E-state index < -0.39 is 35.7 Å². The number of hydrogen-bond donors (Lipinski definition) is 1. The summed E-state index contributed by atoms with van der Waals surface area (Å²) in [4.78, 5) is 30.3. The Hall–Kier alpha value is -4.31. The van der Waals surface area contributed by atoms with E-state index in [-0.39, 0.29) is 54.4 Å². The van der Waals surface area contributed by atoms with Crippen LogP contribution in [0.2, 0.25) is 0 Å². The maximum absolute atomic E-state index is 13.8. The van der Waals surface area contributed by atoms with Crippen LogP contribution in [-0.4, -0.2) is 59.2 Å². The molecule has 1 fully saturated rings. The largest absolute Gasteiger partial charge is 0.471 e. The van der Waals surface area contributed by atoms with Gasteiger partial charge in [-0.15, -0.1) is 0 Å². The highest BCUT2D eigenvalue weighted by Crippen LogP contribution is 2.29. The standard InChI is InChI=1S/C23H17F4N5O4/c24-17-8-13(10-28)7-16(9-17)21(34)32-5-6-35-12-18(32)11-29-20(33)15-3-1-14(2-4-15)19-30-22(36-31-19)23(25,26)27/h1-4,7-9,18H,5-6,11-12H2,(H,29,33)/t18-/m0/s1. The van der Waals surface area contributed by atoms with Crippen LogP contribution in [0.4, 0.5) is 17.6 Å². The zero-order valence-corrected chi connectivity index (χ0v) is 18.4. The summed E-state index contributed by atoms with van der Waals surface area (Å²) in [7, 11) is 0. The Labute approximate surface area is 201 Å². The Kier molecular flexibility index (Phi) is 6.98. The zero-order chi connectivity index (χ0) is 25.9. The van der Waals surface area contributed by atoms with E-state index in [0.717, 1.165) is 12.1 Å². The smallest absolute Gasteiger partial charge is 0.377 e. The number of benzene rings is 2. The minimum Gasteiger partial charge on any atom is -0.377 e. The molecule has 0 bridgehead atoms. The van der Waals surface area contributed by atoms with Crippen molar-refractivity contribution in [3.05, 3.63) is 70.9 Å². The molecule has 2 heterocycles. The van der Waals surface area contributed by atoms with Crippen molar-refractivity contribution in [2.24, 2.45) is 0 Å². The van der Waals surface area contributed by atoms with Crippen molar-refractivity contribution >= 4 is 11.8 Å². The van der Waals surface area contributed by atoms with Gasteiger partial charge in [0.25, 0.3) is 11.8 Å². The average molecular weight is 503 g/mol. The predicted octanol–water partition coefficient (Wildman–Crippen LogP) is 3.04. The number of alkyl halides is 3. The van der Waals surface area contributed by atoms with Gasteiger partial charge in [-0.25, -0.2) is 4.39 Å². The number of amides is 2. The second-order valence-electron chi connectivity index (χ2n) is 7.78. The van der Waals surface area contributed by atoms with Crippen LogP contribution < -0.4 is 5.32 Å². The van der Waals surface area contributed by atoms with E-state index in [0.29, 0.717) is 0 Å². The van der Waals surface area contributed by atoms with Crippen molar-refractivity contribution in [3.63, 3.8) is 0 Å². The number of nitrogens with zero attached hydrogens (tertiary/aromatic N) is 4. The third kappa shape index (κ3) is 5.49. The molecular formula is C23H17F4N5O4. The van der Waals surface area contributed by atoms with Crippen molar-refractivity contribution in [1.29, 1.82) is 5.26 Å². The molecule has 0 saturated carbocycles. The van der Waals surface area contributed by atoms with Gasteiger partial charge in [-0.3, -0.25) is 9.59 Å². The fourth-order valence-electron chi connectivity index (χ4n) is 3.57. The summed E-state index contributed by atoms with van der Waals surface area (Å²) in [6.07, 6.45) is -4.77. The first-order chi connectivity index (χ1) is 17.2. The van der Waals surface area contributed by atoms with Gasteiger partial charge in [-0.2, -0.15) is 23.4 Å². The van der Waals surface area contributed by atoms with Gasteiger partial charge >= 0.3 is 12.1 Å². The maximum Gasteiger partial charge on any atom is 0.471 e. The van der Waals surface area contributed by atoms with E-state index in [1.807, 2.05) is 0 Å². The number of ether oxygens (including phenoxy) is 1. The lowest BCUT2D eigenvalue weighted by atomic mass is 10.1. The third-order valence-electron chi connectivity index (χ3n) is 5.33. The predicted molar refractivity (Wildman–Crippen MR) is 114 cm³/mol. The van der Waals surface area contributed by atoms with Crippen LogP contribution in [0.1, 0.15) is 32.2 Å². The number of nitrogens with one attached hydrogen (secondary N) is 1. The van der Waals surface area contributed by atoms with Crippen molar-refractivity contribution in [2.45, 2.75) is 12.2 Å². The Morgan fingerprint density at radius 3 is 2.58 bits per heavy atom. The first-order valence-corrected chi connectivity index (χ1v) is 10.5. The van der Waals surface area contributed by atoms with Crippen LogP contribution in [-0.2, 0) is 10.9 Å². The Morgan fingerprint density at radius 1 is 1.17 bits per heavy atom. The van der Waals surface area contributed by atoms with Gasteiger partial charge in [-0.05, 0) is 30.3 Å². The van der Waals surface area contributed by atoms with Gasteiger partial charge in [0.1, 0.15) is 5.82 Å². The fourth-order valence-corrected chi connectivity index (χ4v) is 3.57. The van der Waals surface area contributed by atoms with Gasteiger partial charge in [-0.1, -0.05) is 17.3 Å². The normalized spacial score (nSPS) is 15.9. The number of morpholine rings is 1. The number of carbonyl (C=O) groups excluding carboxylic acids is 2. The van der Waals surface area contributed by atoms with Crippen molar-refractivity contribution in [2.75, 3.05) is 26.3 Å². The van der Waals surface area contributed by atoms with E-state index in [1.165, 1.54) is 35.2 Å². The molecule has 2 amide bonds. The van der Waals surface area contributed by atoms with Crippen LogP contribution in [0.3, 0.4) is 0 Å². The molecule has 9 nitrogen and oxygen atoms in total. The van der Waals surface area contributed by atoms with E-state index in [4.69, 9.17) is 10.00 Å². The lowest BCUT2D eigenvalue weighted by Crippen LogP contribution is -2.53. The zero-order valence-electron chi connectivity index (χ0n) is 18.4. The highest BCUT2D eigenvalue weighted by molar-refractivity contribution is 5.96. The van der Waals surface area contributed by atoms with Gasteiger partial charge in [0.15, 0.2) is 0 Å². The molecule has 0 unspecified atom stereocenters. The summed E-state index contributed by atoms with van der Waals surface area (Å²) in [5, 5.41) is 15.0. The summed E-state index contributed by atoms with van der Waals surface area (Å²) in [6, 6.07) is 10.1. The van der Waals surface area contributed by atoms with Crippen LogP contribution >= 0.6 is 0 Å². The monoisotopic (exact) mass is 503 g/mol. The number of hydrogen-bond acceptors (Lipinski definition) is 7. The lowest BCUT2D eigenvalue weighted by molar-refractivity contribution is -0.159. The molecule has 1 aliphatic heterocycles. The Bertz CT molecular complexity index is 1320. The molecule has 1 aromatic heterocycles. The van der Waals surface area contributed by atoms with Gasteiger partial charge in [0.2, 0.25) is 5.82 Å². The second-order valence-corrected chi connectivity index (χ2v) is 7.78.